The Labute approximate surface area is 119 Å². The lowest BCUT2D eigenvalue weighted by Gasteiger charge is -2.28. The quantitative estimate of drug-likeness (QED) is 0.650. The van der Waals surface area contributed by atoms with E-state index in [-0.39, 0.29) is 17.8 Å². The fourth-order valence-corrected chi connectivity index (χ4v) is 3.13. The number of aromatic amines is 1. The maximum absolute atomic E-state index is 11.9. The van der Waals surface area contributed by atoms with Gasteiger partial charge in [0.15, 0.2) is 0 Å². The number of nitrogens with one attached hydrogen (secondary N) is 3. The van der Waals surface area contributed by atoms with Crippen molar-refractivity contribution in [2.75, 3.05) is 0 Å². The van der Waals surface area contributed by atoms with Crippen LogP contribution in [0.1, 0.15) is 37.8 Å². The van der Waals surface area contributed by atoms with Gasteiger partial charge in [0.2, 0.25) is 0 Å². The lowest BCUT2D eigenvalue weighted by Crippen LogP contribution is -2.51. The summed E-state index contributed by atoms with van der Waals surface area (Å²) >= 11 is 1.04. The second kappa shape index (κ2) is 6.08. The highest BCUT2D eigenvalue weighted by Gasteiger charge is 2.37. The average Bonchev–Trinajstić information content (AvgIpc) is 2.95. The first-order valence-electron chi connectivity index (χ1n) is 6.44. The van der Waals surface area contributed by atoms with Gasteiger partial charge in [-0.3, -0.25) is 9.59 Å². The maximum atomic E-state index is 11.9. The maximum Gasteiger partial charge on any atom is 0.315 e. The zero-order chi connectivity index (χ0) is 14.6. The van der Waals surface area contributed by atoms with Crippen LogP contribution in [0.5, 0.6) is 0 Å². The molecule has 110 valence electrons. The van der Waals surface area contributed by atoms with E-state index >= 15 is 0 Å². The van der Waals surface area contributed by atoms with Crippen molar-refractivity contribution in [1.29, 1.82) is 0 Å². The van der Waals surface area contributed by atoms with Crippen molar-refractivity contribution >= 4 is 23.3 Å². The van der Waals surface area contributed by atoms with E-state index in [1.54, 1.807) is 5.38 Å². The normalized spacial score (nSPS) is 16.8. The molecule has 1 heterocycles. The van der Waals surface area contributed by atoms with Crippen LogP contribution in [-0.4, -0.2) is 27.6 Å². The number of rotatable bonds is 5. The van der Waals surface area contributed by atoms with Crippen LogP contribution in [0.3, 0.4) is 0 Å². The molecule has 1 aromatic rings. The molecule has 0 radical (unpaired) electrons. The van der Waals surface area contributed by atoms with Crippen LogP contribution in [-0.2, 0) is 11.3 Å². The number of hydrogen-bond acceptors (Lipinski definition) is 4. The molecule has 2 rings (SSSR count). The van der Waals surface area contributed by atoms with Gasteiger partial charge < -0.3 is 20.7 Å². The Balaban J connectivity index is 1.88. The lowest BCUT2D eigenvalue weighted by molar-refractivity contribution is -0.138. The van der Waals surface area contributed by atoms with E-state index in [0.29, 0.717) is 18.5 Å². The molecule has 8 heteroatoms. The molecule has 0 aliphatic heterocycles. The summed E-state index contributed by atoms with van der Waals surface area (Å²) in [5.74, 6) is -0.908. The second-order valence-corrected chi connectivity index (χ2v) is 5.88. The first-order valence-corrected chi connectivity index (χ1v) is 7.32. The number of H-pyrrole nitrogens is 1. The summed E-state index contributed by atoms with van der Waals surface area (Å²) in [5.41, 5.74) is -0.00770. The molecule has 2 amide bonds. The molecule has 7 nitrogen and oxygen atoms in total. The zero-order valence-electron chi connectivity index (χ0n) is 10.9. The highest BCUT2D eigenvalue weighted by Crippen LogP contribution is 2.32. The summed E-state index contributed by atoms with van der Waals surface area (Å²) in [6.45, 7) is 0.216. The Morgan fingerprint density at radius 3 is 2.65 bits per heavy atom. The van der Waals surface area contributed by atoms with E-state index in [4.69, 9.17) is 5.11 Å². The second-order valence-electron chi connectivity index (χ2n) is 5.04. The van der Waals surface area contributed by atoms with Gasteiger partial charge in [-0.1, -0.05) is 24.2 Å². The van der Waals surface area contributed by atoms with Crippen molar-refractivity contribution in [3.05, 3.63) is 20.7 Å². The van der Waals surface area contributed by atoms with Crippen molar-refractivity contribution in [2.24, 2.45) is 0 Å². The lowest BCUT2D eigenvalue weighted by atomic mass is 9.93. The number of aliphatic carboxylic acids is 1. The molecule has 1 aliphatic carbocycles. The molecule has 0 atom stereocenters. The number of aromatic nitrogens is 1. The number of amides is 2. The average molecular weight is 299 g/mol. The predicted molar refractivity (Wildman–Crippen MR) is 73.8 cm³/mol. The van der Waals surface area contributed by atoms with Crippen LogP contribution in [0.4, 0.5) is 4.79 Å². The number of hydrogen-bond donors (Lipinski definition) is 4. The molecule has 1 saturated carbocycles. The van der Waals surface area contributed by atoms with Crippen molar-refractivity contribution in [3.8, 4) is 0 Å². The van der Waals surface area contributed by atoms with Gasteiger partial charge in [0.05, 0.1) is 18.5 Å². The highest BCUT2D eigenvalue weighted by molar-refractivity contribution is 7.07. The summed E-state index contributed by atoms with van der Waals surface area (Å²) in [4.78, 5) is 36.2. The summed E-state index contributed by atoms with van der Waals surface area (Å²) in [7, 11) is 0. The van der Waals surface area contributed by atoms with Crippen LogP contribution >= 0.6 is 11.3 Å². The van der Waals surface area contributed by atoms with Gasteiger partial charge in [0, 0.05) is 11.1 Å². The monoisotopic (exact) mass is 299 g/mol. The third-order valence-electron chi connectivity index (χ3n) is 3.44. The number of carboxylic acids is 1. The largest absolute Gasteiger partial charge is 0.481 e. The van der Waals surface area contributed by atoms with Gasteiger partial charge >= 0.3 is 16.9 Å². The molecule has 1 aromatic heterocycles. The molecule has 0 aromatic carbocycles. The number of carboxylic acid groups (broad SMARTS) is 1. The molecule has 0 unspecified atom stereocenters. The molecule has 0 spiro atoms. The number of carbonyl (C=O) groups is 2. The van der Waals surface area contributed by atoms with Gasteiger partial charge in [-0.05, 0) is 12.8 Å². The molecule has 1 fully saturated rings. The molecular formula is C12H17N3O4S. The zero-order valence-corrected chi connectivity index (χ0v) is 11.7. The minimum Gasteiger partial charge on any atom is -0.481 e. The minimum atomic E-state index is -0.908. The first kappa shape index (κ1) is 14.6. The van der Waals surface area contributed by atoms with E-state index < -0.39 is 17.5 Å². The van der Waals surface area contributed by atoms with Crippen LogP contribution in [0.2, 0.25) is 0 Å². The Morgan fingerprint density at radius 2 is 2.10 bits per heavy atom. The van der Waals surface area contributed by atoms with Crippen LogP contribution < -0.4 is 15.5 Å². The Morgan fingerprint density at radius 1 is 1.40 bits per heavy atom. The summed E-state index contributed by atoms with van der Waals surface area (Å²) in [5, 5.41) is 16.0. The fourth-order valence-electron chi connectivity index (χ4n) is 2.55. The predicted octanol–water partition coefficient (Wildman–Crippen LogP) is 1.02. The standard InChI is InChI=1S/C12H17N3O4S/c16-9(17)5-12(3-1-2-4-12)15-10(18)13-6-8-7-20-11(19)14-8/h7H,1-6H2,(H,14,19)(H,16,17)(H2,13,15,18). The number of urea groups is 1. The van der Waals surface area contributed by atoms with Crippen molar-refractivity contribution in [3.63, 3.8) is 0 Å². The summed E-state index contributed by atoms with van der Waals surface area (Å²) < 4.78 is 0. The molecule has 1 aliphatic rings. The van der Waals surface area contributed by atoms with Gasteiger partial charge in [0.25, 0.3) is 0 Å². The molecule has 4 N–H and O–H groups in total. The first-order chi connectivity index (χ1) is 9.49. The minimum absolute atomic E-state index is 0.0598. The van der Waals surface area contributed by atoms with Crippen LogP contribution in [0.15, 0.2) is 10.2 Å². The van der Waals surface area contributed by atoms with E-state index in [1.807, 2.05) is 0 Å². The third-order valence-corrected chi connectivity index (χ3v) is 4.16. The molecule has 20 heavy (non-hydrogen) atoms. The van der Waals surface area contributed by atoms with E-state index in [0.717, 1.165) is 24.2 Å². The third kappa shape index (κ3) is 3.83. The summed E-state index contributed by atoms with van der Waals surface area (Å²) in [6, 6.07) is -0.403. The van der Waals surface area contributed by atoms with Crippen molar-refractivity contribution in [1.82, 2.24) is 15.6 Å². The molecule has 0 bridgehead atoms. The number of carbonyl (C=O) groups excluding carboxylic acids is 1. The Bertz CT molecular complexity index is 545. The van der Waals surface area contributed by atoms with Gasteiger partial charge in [-0.15, -0.1) is 0 Å². The Kier molecular flexibility index (Phi) is 4.43. The van der Waals surface area contributed by atoms with E-state index in [1.165, 1.54) is 0 Å². The molecular weight excluding hydrogens is 282 g/mol. The number of thiazole rings is 1. The van der Waals surface area contributed by atoms with E-state index in [9.17, 15) is 14.4 Å². The summed E-state index contributed by atoms with van der Waals surface area (Å²) in [6.07, 6.45) is 3.15. The topological polar surface area (TPSA) is 111 Å². The van der Waals surface area contributed by atoms with Gasteiger partial charge in [-0.2, -0.15) is 0 Å². The van der Waals surface area contributed by atoms with Crippen LogP contribution in [0.25, 0.3) is 0 Å². The SMILES string of the molecule is O=C(O)CC1(NC(=O)NCc2csc(=O)[nH]2)CCCC1. The van der Waals surface area contributed by atoms with Crippen molar-refractivity contribution < 1.29 is 14.7 Å². The Hall–Kier alpha value is -1.83. The fraction of sp³-hybridized carbons (Fsp3) is 0.583. The smallest absolute Gasteiger partial charge is 0.315 e. The van der Waals surface area contributed by atoms with Gasteiger partial charge in [0.1, 0.15) is 0 Å². The van der Waals surface area contributed by atoms with E-state index in [2.05, 4.69) is 15.6 Å². The highest BCUT2D eigenvalue weighted by atomic mass is 32.1. The molecule has 0 saturated heterocycles. The van der Waals surface area contributed by atoms with Crippen molar-refractivity contribution in [2.45, 2.75) is 44.2 Å². The van der Waals surface area contributed by atoms with Gasteiger partial charge in [-0.25, -0.2) is 4.79 Å². The van der Waals surface area contributed by atoms with Crippen LogP contribution in [0, 0.1) is 0 Å².